The lowest BCUT2D eigenvalue weighted by atomic mass is 10.1. The second-order valence-corrected chi connectivity index (χ2v) is 5.09. The number of nitrogens with one attached hydrogen (secondary N) is 2. The van der Waals surface area contributed by atoms with E-state index in [2.05, 4.69) is 10.6 Å². The van der Waals surface area contributed by atoms with Crippen LogP contribution >= 0.6 is 0 Å². The van der Waals surface area contributed by atoms with Gasteiger partial charge < -0.3 is 15.4 Å². The van der Waals surface area contributed by atoms with Crippen molar-refractivity contribution in [3.63, 3.8) is 0 Å². The topological polar surface area (TPSA) is 67.4 Å². The fraction of sp³-hybridized carbons (Fsp3) is 0.222. The van der Waals surface area contributed by atoms with Crippen LogP contribution in [0.3, 0.4) is 0 Å². The summed E-state index contributed by atoms with van der Waals surface area (Å²) in [7, 11) is 1.58. The summed E-state index contributed by atoms with van der Waals surface area (Å²) >= 11 is 0. The predicted octanol–water partition coefficient (Wildman–Crippen LogP) is 1.81. The van der Waals surface area contributed by atoms with Gasteiger partial charge in [-0.25, -0.2) is 4.39 Å². The fourth-order valence-corrected chi connectivity index (χ4v) is 2.20. The number of hydrogen-bond acceptors (Lipinski definition) is 3. The number of rotatable bonds is 6. The van der Waals surface area contributed by atoms with Crippen molar-refractivity contribution in [2.45, 2.75) is 13.0 Å². The number of hydrogen-bond donors (Lipinski definition) is 2. The van der Waals surface area contributed by atoms with Crippen LogP contribution in [0.15, 0.2) is 48.5 Å². The third-order valence-corrected chi connectivity index (χ3v) is 3.48. The monoisotopic (exact) mass is 330 g/mol. The number of halogens is 1. The number of methoxy groups -OCH3 is 1. The zero-order chi connectivity index (χ0) is 17.4. The van der Waals surface area contributed by atoms with E-state index in [1.807, 2.05) is 24.3 Å². The summed E-state index contributed by atoms with van der Waals surface area (Å²) in [6.45, 7) is 0.262. The first-order valence-electron chi connectivity index (χ1n) is 7.53. The third kappa shape index (κ3) is 4.81. The maximum absolute atomic E-state index is 13.4. The Morgan fingerprint density at radius 2 is 1.58 bits per heavy atom. The van der Waals surface area contributed by atoms with E-state index in [1.54, 1.807) is 25.3 Å². The molecule has 0 aromatic heterocycles. The van der Waals surface area contributed by atoms with Crippen molar-refractivity contribution in [3.8, 4) is 5.75 Å². The van der Waals surface area contributed by atoms with Gasteiger partial charge in [-0.05, 0) is 24.1 Å². The van der Waals surface area contributed by atoms with Crippen LogP contribution in [0.1, 0.15) is 11.1 Å². The summed E-state index contributed by atoms with van der Waals surface area (Å²) in [5.74, 6) is -1.23. The summed E-state index contributed by atoms with van der Waals surface area (Å²) in [5, 5.41) is 4.93. The van der Waals surface area contributed by atoms with E-state index in [0.29, 0.717) is 18.5 Å². The zero-order valence-corrected chi connectivity index (χ0v) is 13.3. The molecule has 126 valence electrons. The van der Waals surface area contributed by atoms with Crippen molar-refractivity contribution >= 4 is 11.8 Å². The standard InChI is InChI=1S/C18H19FN2O3/c1-24-16-9-5-3-6-13(16)10-11-20-17(22)18(23)21-12-14-7-2-4-8-15(14)19/h2-9H,10-12H2,1H3,(H,20,22)(H,21,23). The molecule has 0 unspecified atom stereocenters. The fourth-order valence-electron chi connectivity index (χ4n) is 2.20. The molecule has 0 bridgehead atoms. The Balaban J connectivity index is 1.78. The summed E-state index contributed by atoms with van der Waals surface area (Å²) in [5.41, 5.74) is 1.26. The van der Waals surface area contributed by atoms with Gasteiger partial charge in [0.15, 0.2) is 0 Å². The van der Waals surface area contributed by atoms with Crippen LogP contribution in [0.4, 0.5) is 4.39 Å². The molecule has 0 atom stereocenters. The smallest absolute Gasteiger partial charge is 0.309 e. The molecular formula is C18H19FN2O3. The average molecular weight is 330 g/mol. The van der Waals surface area contributed by atoms with Crippen LogP contribution in [0, 0.1) is 5.82 Å². The highest BCUT2D eigenvalue weighted by molar-refractivity contribution is 6.35. The lowest BCUT2D eigenvalue weighted by Crippen LogP contribution is -2.40. The van der Waals surface area contributed by atoms with E-state index in [1.165, 1.54) is 6.07 Å². The molecular weight excluding hydrogens is 311 g/mol. The molecule has 2 amide bonds. The van der Waals surface area contributed by atoms with Gasteiger partial charge in [-0.2, -0.15) is 0 Å². The first-order chi connectivity index (χ1) is 11.6. The van der Waals surface area contributed by atoms with Gasteiger partial charge in [0.05, 0.1) is 7.11 Å². The van der Waals surface area contributed by atoms with Gasteiger partial charge in [0, 0.05) is 18.7 Å². The minimum atomic E-state index is -0.793. The molecule has 0 aliphatic carbocycles. The molecule has 0 saturated heterocycles. The molecule has 0 saturated carbocycles. The molecule has 0 radical (unpaired) electrons. The second-order valence-electron chi connectivity index (χ2n) is 5.09. The van der Waals surface area contributed by atoms with Gasteiger partial charge >= 0.3 is 11.8 Å². The SMILES string of the molecule is COc1ccccc1CCNC(=O)C(=O)NCc1ccccc1F. The number of para-hydroxylation sites is 1. The van der Waals surface area contributed by atoms with Crippen LogP contribution in [-0.4, -0.2) is 25.5 Å². The number of carbonyl (C=O) groups is 2. The molecule has 0 heterocycles. The van der Waals surface area contributed by atoms with Gasteiger partial charge in [-0.15, -0.1) is 0 Å². The first kappa shape index (κ1) is 17.5. The van der Waals surface area contributed by atoms with Crippen molar-refractivity contribution in [1.29, 1.82) is 0 Å². The number of benzene rings is 2. The summed E-state index contributed by atoms with van der Waals surface area (Å²) < 4.78 is 18.7. The number of amides is 2. The Bertz CT molecular complexity index is 719. The first-order valence-corrected chi connectivity index (χ1v) is 7.53. The zero-order valence-electron chi connectivity index (χ0n) is 13.3. The molecule has 24 heavy (non-hydrogen) atoms. The molecule has 0 aliphatic rings. The van der Waals surface area contributed by atoms with Gasteiger partial charge in [0.2, 0.25) is 0 Å². The van der Waals surface area contributed by atoms with Crippen molar-refractivity contribution in [2.75, 3.05) is 13.7 Å². The molecule has 0 spiro atoms. The Kier molecular flexibility index (Phi) is 6.31. The normalized spacial score (nSPS) is 10.1. The molecule has 0 fully saturated rings. The van der Waals surface area contributed by atoms with Gasteiger partial charge in [0.1, 0.15) is 11.6 Å². The molecule has 5 nitrogen and oxygen atoms in total. The summed E-state index contributed by atoms with van der Waals surface area (Å²) in [6, 6.07) is 13.5. The second kappa shape index (κ2) is 8.67. The third-order valence-electron chi connectivity index (χ3n) is 3.48. The molecule has 2 aromatic rings. The Morgan fingerprint density at radius 1 is 0.958 bits per heavy atom. The van der Waals surface area contributed by atoms with E-state index < -0.39 is 17.6 Å². The van der Waals surface area contributed by atoms with E-state index in [9.17, 15) is 14.0 Å². The van der Waals surface area contributed by atoms with E-state index in [0.717, 1.165) is 11.3 Å². The largest absolute Gasteiger partial charge is 0.496 e. The van der Waals surface area contributed by atoms with Crippen molar-refractivity contribution in [2.24, 2.45) is 0 Å². The van der Waals surface area contributed by atoms with Crippen LogP contribution in [0.5, 0.6) is 5.75 Å². The van der Waals surface area contributed by atoms with Crippen molar-refractivity contribution in [1.82, 2.24) is 10.6 Å². The van der Waals surface area contributed by atoms with Crippen LogP contribution in [0.25, 0.3) is 0 Å². The molecule has 0 aliphatic heterocycles. The predicted molar refractivity (Wildman–Crippen MR) is 88.0 cm³/mol. The Labute approximate surface area is 139 Å². The maximum Gasteiger partial charge on any atom is 0.309 e. The summed E-state index contributed by atoms with van der Waals surface area (Å²) in [6.07, 6.45) is 0.538. The van der Waals surface area contributed by atoms with Crippen LogP contribution in [-0.2, 0) is 22.6 Å². The molecule has 6 heteroatoms. The van der Waals surface area contributed by atoms with E-state index in [4.69, 9.17) is 4.74 Å². The molecule has 2 rings (SSSR count). The van der Waals surface area contributed by atoms with Crippen LogP contribution < -0.4 is 15.4 Å². The van der Waals surface area contributed by atoms with Crippen molar-refractivity contribution < 1.29 is 18.7 Å². The van der Waals surface area contributed by atoms with Gasteiger partial charge in [-0.3, -0.25) is 9.59 Å². The lowest BCUT2D eigenvalue weighted by Gasteiger charge is -2.09. The minimum Gasteiger partial charge on any atom is -0.496 e. The summed E-state index contributed by atoms with van der Waals surface area (Å²) in [4.78, 5) is 23.5. The highest BCUT2D eigenvalue weighted by Gasteiger charge is 2.13. The van der Waals surface area contributed by atoms with Gasteiger partial charge in [-0.1, -0.05) is 36.4 Å². The quantitative estimate of drug-likeness (QED) is 0.794. The Hall–Kier alpha value is -2.89. The number of ether oxygens (including phenoxy) is 1. The van der Waals surface area contributed by atoms with Crippen LogP contribution in [0.2, 0.25) is 0 Å². The maximum atomic E-state index is 13.4. The minimum absolute atomic E-state index is 0.0363. The number of carbonyl (C=O) groups excluding carboxylic acids is 2. The van der Waals surface area contributed by atoms with E-state index >= 15 is 0 Å². The molecule has 2 aromatic carbocycles. The van der Waals surface area contributed by atoms with Gasteiger partial charge in [0.25, 0.3) is 0 Å². The lowest BCUT2D eigenvalue weighted by molar-refractivity contribution is -0.139. The van der Waals surface area contributed by atoms with Crippen molar-refractivity contribution in [3.05, 3.63) is 65.5 Å². The highest BCUT2D eigenvalue weighted by atomic mass is 19.1. The average Bonchev–Trinajstić information content (AvgIpc) is 2.61. The Morgan fingerprint density at radius 3 is 2.29 bits per heavy atom. The molecule has 2 N–H and O–H groups in total. The van der Waals surface area contributed by atoms with E-state index in [-0.39, 0.29) is 6.54 Å². The highest BCUT2D eigenvalue weighted by Crippen LogP contribution is 2.17.